The zero-order valence-electron chi connectivity index (χ0n) is 11.2. The molecule has 0 aliphatic rings. The van der Waals surface area contributed by atoms with E-state index in [1.165, 1.54) is 16.8 Å². The van der Waals surface area contributed by atoms with E-state index in [1.54, 1.807) is 0 Å². The first-order valence-corrected chi connectivity index (χ1v) is 6.77. The molecule has 0 aliphatic carbocycles. The van der Waals surface area contributed by atoms with E-state index in [-0.39, 0.29) is 0 Å². The van der Waals surface area contributed by atoms with Gasteiger partial charge >= 0.3 is 0 Å². The molecule has 0 saturated heterocycles. The van der Waals surface area contributed by atoms with Crippen LogP contribution < -0.4 is 5.32 Å². The van der Waals surface area contributed by atoms with E-state index in [9.17, 15) is 0 Å². The number of aryl methyl sites for hydroxylation is 3. The molecule has 0 radical (unpaired) electrons. The van der Waals surface area contributed by atoms with Gasteiger partial charge in [0, 0.05) is 35.0 Å². The molecular formula is C14H18BrN3. The minimum Gasteiger partial charge on any atom is -0.380 e. The fraction of sp³-hybridized carbons (Fsp3) is 0.357. The van der Waals surface area contributed by atoms with Gasteiger partial charge in [0.2, 0.25) is 0 Å². The lowest BCUT2D eigenvalue weighted by molar-refractivity contribution is 0.730. The van der Waals surface area contributed by atoms with Gasteiger partial charge in [-0.25, -0.2) is 0 Å². The molecule has 0 fully saturated rings. The van der Waals surface area contributed by atoms with Crippen molar-refractivity contribution in [3.63, 3.8) is 0 Å². The molecule has 1 N–H and O–H groups in total. The van der Waals surface area contributed by atoms with Gasteiger partial charge in [-0.3, -0.25) is 4.68 Å². The Morgan fingerprint density at radius 1 is 1.28 bits per heavy atom. The van der Waals surface area contributed by atoms with Gasteiger partial charge in [-0.05, 0) is 54.4 Å². The standard InChI is InChI=1S/C14H18BrN3/c1-9-5-6-13(15)14(7-9)16-8-12-10(2)17-18(4)11(12)3/h5-7,16H,8H2,1-4H3. The number of hydrogen-bond donors (Lipinski definition) is 1. The monoisotopic (exact) mass is 307 g/mol. The Hall–Kier alpha value is -1.29. The van der Waals surface area contributed by atoms with E-state index in [2.05, 4.69) is 65.3 Å². The van der Waals surface area contributed by atoms with E-state index < -0.39 is 0 Å². The second-order valence-electron chi connectivity index (χ2n) is 4.61. The van der Waals surface area contributed by atoms with Crippen LogP contribution in [0.3, 0.4) is 0 Å². The van der Waals surface area contributed by atoms with Crippen LogP contribution in [0.1, 0.15) is 22.5 Å². The lowest BCUT2D eigenvalue weighted by Gasteiger charge is -2.10. The molecule has 0 unspecified atom stereocenters. The number of rotatable bonds is 3. The van der Waals surface area contributed by atoms with Crippen molar-refractivity contribution in [3.05, 3.63) is 45.2 Å². The van der Waals surface area contributed by atoms with Crippen LogP contribution in [0.4, 0.5) is 5.69 Å². The van der Waals surface area contributed by atoms with E-state index in [0.717, 1.165) is 22.4 Å². The van der Waals surface area contributed by atoms with Crippen molar-refractivity contribution < 1.29 is 0 Å². The van der Waals surface area contributed by atoms with Crippen LogP contribution >= 0.6 is 15.9 Å². The van der Waals surface area contributed by atoms with E-state index in [4.69, 9.17) is 0 Å². The summed E-state index contributed by atoms with van der Waals surface area (Å²) in [7, 11) is 1.98. The maximum atomic E-state index is 4.43. The summed E-state index contributed by atoms with van der Waals surface area (Å²) < 4.78 is 3.02. The predicted octanol–water partition coefficient (Wildman–Crippen LogP) is 3.72. The van der Waals surface area contributed by atoms with E-state index in [1.807, 2.05) is 11.7 Å². The summed E-state index contributed by atoms with van der Waals surface area (Å²) in [6.07, 6.45) is 0. The molecule has 4 heteroatoms. The van der Waals surface area contributed by atoms with Gasteiger partial charge in [-0.1, -0.05) is 6.07 Å². The second kappa shape index (κ2) is 5.14. The summed E-state index contributed by atoms with van der Waals surface area (Å²) in [5.74, 6) is 0. The molecule has 0 saturated carbocycles. The zero-order valence-corrected chi connectivity index (χ0v) is 12.8. The molecule has 0 atom stereocenters. The first-order valence-electron chi connectivity index (χ1n) is 5.98. The van der Waals surface area contributed by atoms with Crippen molar-refractivity contribution >= 4 is 21.6 Å². The molecule has 3 nitrogen and oxygen atoms in total. The Morgan fingerprint density at radius 3 is 2.61 bits per heavy atom. The maximum Gasteiger partial charge on any atom is 0.0646 e. The van der Waals surface area contributed by atoms with Crippen molar-refractivity contribution in [1.29, 1.82) is 0 Å². The first-order chi connectivity index (χ1) is 8.49. The third kappa shape index (κ3) is 2.58. The molecule has 2 rings (SSSR count). The SMILES string of the molecule is Cc1ccc(Br)c(NCc2c(C)nn(C)c2C)c1. The smallest absolute Gasteiger partial charge is 0.0646 e. The molecule has 2 aromatic rings. The largest absolute Gasteiger partial charge is 0.380 e. The van der Waals surface area contributed by atoms with Gasteiger partial charge in [-0.2, -0.15) is 5.10 Å². The zero-order chi connectivity index (χ0) is 13.3. The molecule has 0 aliphatic heterocycles. The average Bonchev–Trinajstić information content (AvgIpc) is 2.55. The third-order valence-corrected chi connectivity index (χ3v) is 3.93. The van der Waals surface area contributed by atoms with Crippen LogP contribution in [0.15, 0.2) is 22.7 Å². The molecule has 1 aromatic heterocycles. The number of benzene rings is 1. The Morgan fingerprint density at radius 2 is 2.00 bits per heavy atom. The van der Waals surface area contributed by atoms with Crippen LogP contribution in [0.5, 0.6) is 0 Å². The topological polar surface area (TPSA) is 29.9 Å². The van der Waals surface area contributed by atoms with Gasteiger partial charge in [0.05, 0.1) is 5.69 Å². The fourth-order valence-electron chi connectivity index (χ4n) is 2.03. The van der Waals surface area contributed by atoms with Crippen molar-refractivity contribution in [3.8, 4) is 0 Å². The number of nitrogens with zero attached hydrogens (tertiary/aromatic N) is 2. The number of halogens is 1. The molecule has 0 amide bonds. The minimum absolute atomic E-state index is 0.799. The predicted molar refractivity (Wildman–Crippen MR) is 78.9 cm³/mol. The normalized spacial score (nSPS) is 10.7. The minimum atomic E-state index is 0.799. The molecule has 1 heterocycles. The van der Waals surface area contributed by atoms with Crippen LogP contribution in [-0.2, 0) is 13.6 Å². The Balaban J connectivity index is 2.19. The van der Waals surface area contributed by atoms with Gasteiger partial charge in [0.1, 0.15) is 0 Å². The molecule has 0 spiro atoms. The van der Waals surface area contributed by atoms with Crippen LogP contribution in [-0.4, -0.2) is 9.78 Å². The fourth-order valence-corrected chi connectivity index (χ4v) is 2.42. The second-order valence-corrected chi connectivity index (χ2v) is 5.46. The molecule has 18 heavy (non-hydrogen) atoms. The van der Waals surface area contributed by atoms with Crippen molar-refractivity contribution in [2.24, 2.45) is 7.05 Å². The van der Waals surface area contributed by atoms with Crippen molar-refractivity contribution in [2.45, 2.75) is 27.3 Å². The molecule has 96 valence electrons. The Labute approximate surface area is 116 Å². The summed E-state index contributed by atoms with van der Waals surface area (Å²) in [4.78, 5) is 0. The summed E-state index contributed by atoms with van der Waals surface area (Å²) in [6, 6.07) is 6.31. The van der Waals surface area contributed by atoms with Gasteiger partial charge in [0.15, 0.2) is 0 Å². The highest BCUT2D eigenvalue weighted by molar-refractivity contribution is 9.10. The quantitative estimate of drug-likeness (QED) is 0.936. The van der Waals surface area contributed by atoms with Gasteiger partial charge in [-0.15, -0.1) is 0 Å². The van der Waals surface area contributed by atoms with Crippen LogP contribution in [0.25, 0.3) is 0 Å². The van der Waals surface area contributed by atoms with E-state index >= 15 is 0 Å². The lowest BCUT2D eigenvalue weighted by atomic mass is 10.2. The van der Waals surface area contributed by atoms with Crippen molar-refractivity contribution in [1.82, 2.24) is 9.78 Å². The van der Waals surface area contributed by atoms with Gasteiger partial charge < -0.3 is 5.32 Å². The highest BCUT2D eigenvalue weighted by atomic mass is 79.9. The maximum absolute atomic E-state index is 4.43. The molecular weight excluding hydrogens is 290 g/mol. The van der Waals surface area contributed by atoms with Gasteiger partial charge in [0.25, 0.3) is 0 Å². The Kier molecular flexibility index (Phi) is 3.76. The summed E-state index contributed by atoms with van der Waals surface area (Å²) in [5, 5.41) is 7.89. The lowest BCUT2D eigenvalue weighted by Crippen LogP contribution is -2.03. The number of anilines is 1. The number of aromatic nitrogens is 2. The van der Waals surface area contributed by atoms with Crippen LogP contribution in [0.2, 0.25) is 0 Å². The summed E-state index contributed by atoms with van der Waals surface area (Å²) in [5.41, 5.74) is 5.94. The van der Waals surface area contributed by atoms with Crippen molar-refractivity contribution in [2.75, 3.05) is 5.32 Å². The number of nitrogens with one attached hydrogen (secondary N) is 1. The first kappa shape index (κ1) is 13.1. The molecule has 0 bridgehead atoms. The number of hydrogen-bond acceptors (Lipinski definition) is 2. The summed E-state index contributed by atoms with van der Waals surface area (Å²) >= 11 is 3.56. The van der Waals surface area contributed by atoms with E-state index in [0.29, 0.717) is 0 Å². The summed E-state index contributed by atoms with van der Waals surface area (Å²) in [6.45, 7) is 7.04. The highest BCUT2D eigenvalue weighted by Crippen LogP contribution is 2.24. The highest BCUT2D eigenvalue weighted by Gasteiger charge is 2.09. The van der Waals surface area contributed by atoms with Crippen LogP contribution in [0, 0.1) is 20.8 Å². The molecule has 1 aromatic carbocycles. The average molecular weight is 308 g/mol. The Bertz CT molecular complexity index is 573. The third-order valence-electron chi connectivity index (χ3n) is 3.24.